The molecule has 4 nitrogen and oxygen atoms in total. The van der Waals surface area contributed by atoms with Crippen LogP contribution in [0.3, 0.4) is 0 Å². The molecule has 1 aliphatic rings. The van der Waals surface area contributed by atoms with E-state index in [0.29, 0.717) is 31.7 Å². The topological polar surface area (TPSA) is 38.8 Å². The number of ether oxygens (including phenoxy) is 2. The Morgan fingerprint density at radius 2 is 1.23 bits per heavy atom. The number of anilines is 1. The van der Waals surface area contributed by atoms with Crippen LogP contribution in [-0.4, -0.2) is 5.91 Å². The normalized spacial score (nSPS) is 16.8. The van der Waals surface area contributed by atoms with Gasteiger partial charge in [-0.05, 0) is 83.6 Å². The first-order chi connectivity index (χ1) is 21.5. The van der Waals surface area contributed by atoms with Crippen molar-refractivity contribution < 1.29 is 23.0 Å². The van der Waals surface area contributed by atoms with E-state index in [0.717, 1.165) is 28.0 Å². The second-order valence-corrected chi connectivity index (χ2v) is 11.0. The number of nitrogens with zero attached hydrogens (tertiary/aromatic N) is 1. The molecule has 44 heavy (non-hydrogen) atoms. The molecular weight excluding hydrogens is 556 g/mol. The lowest BCUT2D eigenvalue weighted by Gasteiger charge is -2.48. The Bertz CT molecular complexity index is 1640. The van der Waals surface area contributed by atoms with E-state index in [9.17, 15) is 13.6 Å². The van der Waals surface area contributed by atoms with E-state index >= 15 is 0 Å². The van der Waals surface area contributed by atoms with Crippen LogP contribution >= 0.6 is 0 Å². The van der Waals surface area contributed by atoms with E-state index in [1.807, 2.05) is 84.9 Å². The summed E-state index contributed by atoms with van der Waals surface area (Å²) in [5, 5.41) is 0. The van der Waals surface area contributed by atoms with E-state index in [4.69, 9.17) is 9.47 Å². The largest absolute Gasteiger partial charge is 0.489 e. The lowest BCUT2D eigenvalue weighted by molar-refractivity contribution is -0.131. The summed E-state index contributed by atoms with van der Waals surface area (Å²) in [6, 6.07) is 39.8. The fourth-order valence-corrected chi connectivity index (χ4v) is 5.73. The predicted molar refractivity (Wildman–Crippen MR) is 167 cm³/mol. The third kappa shape index (κ3) is 6.87. The van der Waals surface area contributed by atoms with Gasteiger partial charge in [0.25, 0.3) is 0 Å². The minimum Gasteiger partial charge on any atom is -0.489 e. The van der Waals surface area contributed by atoms with Crippen molar-refractivity contribution in [1.82, 2.24) is 0 Å². The van der Waals surface area contributed by atoms with Crippen molar-refractivity contribution in [2.75, 3.05) is 4.90 Å². The molecule has 0 saturated carbocycles. The number of rotatable bonds is 12. The lowest BCUT2D eigenvalue weighted by atomic mass is 9.78. The number of amides is 1. The Balaban J connectivity index is 1.21. The predicted octanol–water partition coefficient (Wildman–Crippen LogP) is 8.99. The minimum absolute atomic E-state index is 0.0214. The number of halogens is 2. The maximum atomic E-state index is 13.7. The molecule has 3 unspecified atom stereocenters. The number of hydrogen-bond acceptors (Lipinski definition) is 3. The second kappa shape index (κ2) is 13.7. The fraction of sp³-hybridized carbons (Fsp3) is 0.184. The van der Waals surface area contributed by atoms with Gasteiger partial charge in [0.2, 0.25) is 5.91 Å². The van der Waals surface area contributed by atoms with Gasteiger partial charge in [-0.15, -0.1) is 0 Å². The Morgan fingerprint density at radius 1 is 0.659 bits per heavy atom. The first kappa shape index (κ1) is 29.3. The first-order valence-electron chi connectivity index (χ1n) is 14.8. The summed E-state index contributed by atoms with van der Waals surface area (Å²) in [7, 11) is 0. The molecule has 0 N–H and O–H groups in total. The molecule has 0 radical (unpaired) electrons. The van der Waals surface area contributed by atoms with Crippen molar-refractivity contribution in [3.05, 3.63) is 167 Å². The van der Waals surface area contributed by atoms with Crippen LogP contribution in [0.15, 0.2) is 133 Å². The van der Waals surface area contributed by atoms with Gasteiger partial charge >= 0.3 is 0 Å². The van der Waals surface area contributed by atoms with Crippen molar-refractivity contribution in [2.24, 2.45) is 5.92 Å². The molecule has 1 amide bonds. The summed E-state index contributed by atoms with van der Waals surface area (Å²) in [5.41, 5.74) is 4.59. The molecule has 3 atom stereocenters. The van der Waals surface area contributed by atoms with Crippen molar-refractivity contribution >= 4 is 11.6 Å². The Labute approximate surface area is 256 Å². The maximum absolute atomic E-state index is 13.7. The lowest BCUT2D eigenvalue weighted by Crippen LogP contribution is -2.55. The molecule has 1 fully saturated rings. The average molecular weight is 590 g/mol. The molecule has 6 rings (SSSR count). The summed E-state index contributed by atoms with van der Waals surface area (Å²) in [6.45, 7) is 0.858. The Morgan fingerprint density at radius 3 is 1.84 bits per heavy atom. The van der Waals surface area contributed by atoms with Crippen LogP contribution in [0.5, 0.6) is 5.75 Å². The zero-order valence-electron chi connectivity index (χ0n) is 24.2. The fourth-order valence-electron chi connectivity index (χ4n) is 5.73. The van der Waals surface area contributed by atoms with Crippen molar-refractivity contribution in [3.8, 4) is 5.75 Å². The van der Waals surface area contributed by atoms with E-state index in [2.05, 4.69) is 0 Å². The highest BCUT2D eigenvalue weighted by atomic mass is 19.1. The van der Waals surface area contributed by atoms with Crippen LogP contribution in [0, 0.1) is 17.6 Å². The highest BCUT2D eigenvalue weighted by Crippen LogP contribution is 2.47. The van der Waals surface area contributed by atoms with Gasteiger partial charge in [0.1, 0.15) is 24.0 Å². The quantitative estimate of drug-likeness (QED) is 0.136. The van der Waals surface area contributed by atoms with Crippen LogP contribution in [0.25, 0.3) is 0 Å². The molecule has 1 heterocycles. The molecule has 5 aromatic rings. The molecule has 1 aliphatic heterocycles. The van der Waals surface area contributed by atoms with E-state index in [1.165, 1.54) is 24.3 Å². The number of β-lactam (4-membered cyclic amide) rings is 1. The molecule has 5 aromatic carbocycles. The smallest absolute Gasteiger partial charge is 0.233 e. The summed E-state index contributed by atoms with van der Waals surface area (Å²) in [5.74, 6) is -0.256. The molecule has 1 saturated heterocycles. The van der Waals surface area contributed by atoms with Crippen molar-refractivity contribution in [2.45, 2.75) is 38.2 Å². The summed E-state index contributed by atoms with van der Waals surface area (Å²) in [6.07, 6.45) is 0.809. The van der Waals surface area contributed by atoms with Gasteiger partial charge in [0.15, 0.2) is 0 Å². The molecule has 0 bridgehead atoms. The first-order valence-corrected chi connectivity index (χ1v) is 14.8. The molecule has 222 valence electrons. The van der Waals surface area contributed by atoms with Crippen LogP contribution in [0.2, 0.25) is 0 Å². The Kier molecular flexibility index (Phi) is 9.09. The number of carbonyl (C=O) groups is 1. The molecule has 0 aromatic heterocycles. The number of hydrogen-bond donors (Lipinski definition) is 0. The second-order valence-electron chi connectivity index (χ2n) is 11.0. The summed E-state index contributed by atoms with van der Waals surface area (Å²) >= 11 is 0. The zero-order chi connectivity index (χ0) is 30.3. The van der Waals surface area contributed by atoms with Crippen molar-refractivity contribution in [3.63, 3.8) is 0 Å². The third-order valence-corrected chi connectivity index (χ3v) is 8.06. The van der Waals surface area contributed by atoms with Gasteiger partial charge in [0, 0.05) is 5.69 Å². The van der Waals surface area contributed by atoms with Crippen LogP contribution in [-0.2, 0) is 22.7 Å². The number of benzene rings is 5. The van der Waals surface area contributed by atoms with Crippen LogP contribution in [0.4, 0.5) is 14.5 Å². The van der Waals surface area contributed by atoms with Crippen LogP contribution in [0.1, 0.15) is 47.2 Å². The average Bonchev–Trinajstić information content (AvgIpc) is 3.06. The maximum Gasteiger partial charge on any atom is 0.233 e. The van der Waals surface area contributed by atoms with Crippen molar-refractivity contribution in [1.29, 1.82) is 0 Å². The van der Waals surface area contributed by atoms with Gasteiger partial charge < -0.3 is 14.4 Å². The monoisotopic (exact) mass is 589 g/mol. The molecular formula is C38H33F2NO3. The highest BCUT2D eigenvalue weighted by Gasteiger charge is 2.48. The van der Waals surface area contributed by atoms with E-state index < -0.39 is 0 Å². The van der Waals surface area contributed by atoms with E-state index in [-0.39, 0.29) is 35.6 Å². The summed E-state index contributed by atoms with van der Waals surface area (Å²) < 4.78 is 39.8. The van der Waals surface area contributed by atoms with Crippen LogP contribution < -0.4 is 9.64 Å². The highest BCUT2D eigenvalue weighted by molar-refractivity contribution is 6.03. The molecule has 6 heteroatoms. The Hall–Kier alpha value is -4.81. The molecule has 0 aliphatic carbocycles. The van der Waals surface area contributed by atoms with Gasteiger partial charge in [-0.1, -0.05) is 84.9 Å². The van der Waals surface area contributed by atoms with Gasteiger partial charge in [-0.25, -0.2) is 8.78 Å². The third-order valence-electron chi connectivity index (χ3n) is 8.06. The molecule has 0 spiro atoms. The van der Waals surface area contributed by atoms with Gasteiger partial charge in [-0.3, -0.25) is 4.79 Å². The zero-order valence-corrected chi connectivity index (χ0v) is 24.2. The van der Waals surface area contributed by atoms with Gasteiger partial charge in [0.05, 0.1) is 24.7 Å². The SMILES string of the molecule is O=C1C(CCC(OCc2ccccc2)c2ccc(F)cc2)C(c2ccc(OCc3ccccc3)cc2)N1c1ccc(F)cc1. The standard InChI is InChI=1S/C38H33F2NO3/c39-31-15-11-29(12-16-31)36(44-26-28-9-5-2-6-10-28)24-23-35-37(41(38(35)42)33-19-17-32(40)18-20-33)30-13-21-34(22-14-30)43-25-27-7-3-1-4-8-27/h1-22,35-37H,23-26H2. The number of carbonyl (C=O) groups excluding carboxylic acids is 1. The van der Waals surface area contributed by atoms with E-state index in [1.54, 1.807) is 29.2 Å². The summed E-state index contributed by atoms with van der Waals surface area (Å²) in [4.78, 5) is 15.4. The van der Waals surface area contributed by atoms with Gasteiger partial charge in [-0.2, -0.15) is 0 Å². The minimum atomic E-state index is -0.354.